The molecule has 42 heavy (non-hydrogen) atoms. The van der Waals surface area contributed by atoms with Crippen molar-refractivity contribution in [3.05, 3.63) is 71.1 Å². The monoisotopic (exact) mass is 620 g/mol. The minimum absolute atomic E-state index is 0.0543. The molecule has 4 aromatic rings. The highest BCUT2D eigenvalue weighted by molar-refractivity contribution is 7.92. The Labute approximate surface area is 244 Å². The summed E-state index contributed by atoms with van der Waals surface area (Å²) < 4.78 is 76.6. The highest BCUT2D eigenvalue weighted by Gasteiger charge is 2.28. The van der Waals surface area contributed by atoms with Crippen molar-refractivity contribution in [2.24, 2.45) is 0 Å². The van der Waals surface area contributed by atoms with Crippen LogP contribution in [0.15, 0.2) is 53.6 Å². The number of carbonyl (C=O) groups excluding carboxylic acids is 1. The number of methoxy groups -OCH3 is 1. The smallest absolute Gasteiger partial charge is 0.406 e. The number of alkyl carbamates (subject to hydrolysis) is 1. The molecule has 1 amide bonds. The second kappa shape index (κ2) is 12.3. The van der Waals surface area contributed by atoms with Gasteiger partial charge in [0.05, 0.1) is 34.1 Å². The Kier molecular flexibility index (Phi) is 9.01. The molecule has 0 fully saturated rings. The van der Waals surface area contributed by atoms with E-state index in [0.717, 1.165) is 24.3 Å². The van der Waals surface area contributed by atoms with Crippen LogP contribution in [0, 0.1) is 17.5 Å². The van der Waals surface area contributed by atoms with E-state index in [-0.39, 0.29) is 23.8 Å². The van der Waals surface area contributed by atoms with Crippen molar-refractivity contribution in [1.82, 2.24) is 20.3 Å². The zero-order valence-electron chi connectivity index (χ0n) is 23.0. The number of hydrogen-bond donors (Lipinski definition) is 3. The number of amides is 1. The number of nitrogens with zero attached hydrogens (tertiary/aromatic N) is 3. The molecule has 2 heterocycles. The Balaban J connectivity index is 1.73. The van der Waals surface area contributed by atoms with Gasteiger partial charge in [-0.2, -0.15) is 0 Å². The molecule has 0 radical (unpaired) electrons. The van der Waals surface area contributed by atoms with Gasteiger partial charge in [-0.1, -0.05) is 32.9 Å². The molecule has 0 aliphatic rings. The molecule has 0 aliphatic heterocycles. The number of hydrogen-bond acceptors (Lipinski definition) is 9. The molecule has 15 heteroatoms. The lowest BCUT2D eigenvalue weighted by atomic mass is 9.98. The third-order valence-corrected chi connectivity index (χ3v) is 8.63. The van der Waals surface area contributed by atoms with Crippen LogP contribution >= 0.6 is 11.3 Å². The fraction of sp³-hybridized carbons (Fsp3) is 0.259. The molecule has 0 aliphatic carbocycles. The van der Waals surface area contributed by atoms with Crippen LogP contribution in [0.25, 0.3) is 21.8 Å². The predicted octanol–water partition coefficient (Wildman–Crippen LogP) is 5.55. The molecule has 3 N–H and O–H groups in total. The van der Waals surface area contributed by atoms with E-state index < -0.39 is 49.6 Å². The van der Waals surface area contributed by atoms with E-state index in [1.54, 1.807) is 6.07 Å². The zero-order chi connectivity index (χ0) is 30.7. The third kappa shape index (κ3) is 6.79. The molecular formula is C27H27F3N6O4S2. The Morgan fingerprint density at radius 1 is 1.00 bits per heavy atom. The van der Waals surface area contributed by atoms with E-state index in [1.165, 1.54) is 36.8 Å². The van der Waals surface area contributed by atoms with Gasteiger partial charge in [-0.25, -0.2) is 41.3 Å². The van der Waals surface area contributed by atoms with Crippen molar-refractivity contribution in [1.29, 1.82) is 0 Å². The first kappa shape index (κ1) is 30.7. The average Bonchev–Trinajstić information content (AvgIpc) is 3.38. The fourth-order valence-electron chi connectivity index (χ4n) is 3.71. The summed E-state index contributed by atoms with van der Waals surface area (Å²) in [7, 11) is -3.57. The summed E-state index contributed by atoms with van der Waals surface area (Å²) in [6.45, 7) is 6.34. The van der Waals surface area contributed by atoms with Gasteiger partial charge in [0.15, 0.2) is 10.7 Å². The standard InChI is InChI=1S/C27H27F3N6O4S2/c1-27(2,3)24-35-21(22(41-24)19-11-12-31-25(34-19)32-13-14-33-26(37)40-4)15-7-5-10-18(20(15)30)36-42(38,39)23-16(28)8-6-9-17(23)29/h5-12,36H,13-14H2,1-4H3,(H,33,37)(H,31,32,34). The maximum atomic E-state index is 15.9. The van der Waals surface area contributed by atoms with Crippen LogP contribution in [0.1, 0.15) is 25.8 Å². The van der Waals surface area contributed by atoms with E-state index in [1.807, 2.05) is 25.5 Å². The highest BCUT2D eigenvalue weighted by atomic mass is 32.2. The van der Waals surface area contributed by atoms with Crippen LogP contribution in [0.5, 0.6) is 0 Å². The lowest BCUT2D eigenvalue weighted by molar-refractivity contribution is 0.171. The van der Waals surface area contributed by atoms with Crippen LogP contribution in [-0.2, 0) is 20.2 Å². The van der Waals surface area contributed by atoms with Gasteiger partial charge in [0.1, 0.15) is 11.6 Å². The largest absolute Gasteiger partial charge is 0.453 e. The number of nitrogens with one attached hydrogen (secondary N) is 3. The summed E-state index contributed by atoms with van der Waals surface area (Å²) in [6, 6.07) is 8.18. The molecule has 0 atom stereocenters. The molecule has 0 bridgehead atoms. The summed E-state index contributed by atoms with van der Waals surface area (Å²) in [6.07, 6.45) is 0.920. The zero-order valence-corrected chi connectivity index (χ0v) is 24.6. The van der Waals surface area contributed by atoms with Crippen LogP contribution in [-0.4, -0.2) is 49.7 Å². The number of benzene rings is 2. The summed E-state index contributed by atoms with van der Waals surface area (Å²) in [5, 5.41) is 6.16. The Morgan fingerprint density at radius 2 is 1.69 bits per heavy atom. The molecule has 0 unspecified atom stereocenters. The molecule has 0 spiro atoms. The third-order valence-electron chi connectivity index (χ3n) is 5.71. The molecule has 10 nitrogen and oxygen atoms in total. The van der Waals surface area contributed by atoms with Gasteiger partial charge in [-0.3, -0.25) is 4.72 Å². The Hall–Kier alpha value is -4.24. The van der Waals surface area contributed by atoms with Crippen LogP contribution in [0.4, 0.5) is 29.6 Å². The lowest BCUT2D eigenvalue weighted by Gasteiger charge is -2.14. The van der Waals surface area contributed by atoms with Gasteiger partial charge in [-0.05, 0) is 30.3 Å². The van der Waals surface area contributed by atoms with Crippen LogP contribution in [0.3, 0.4) is 0 Å². The van der Waals surface area contributed by atoms with Gasteiger partial charge >= 0.3 is 6.09 Å². The van der Waals surface area contributed by atoms with Crippen molar-refractivity contribution in [2.75, 3.05) is 30.2 Å². The van der Waals surface area contributed by atoms with E-state index in [2.05, 4.69) is 30.3 Å². The van der Waals surface area contributed by atoms with Crippen molar-refractivity contribution in [2.45, 2.75) is 31.1 Å². The maximum absolute atomic E-state index is 15.9. The van der Waals surface area contributed by atoms with Crippen molar-refractivity contribution < 1.29 is 31.1 Å². The average molecular weight is 621 g/mol. The molecule has 0 saturated carbocycles. The van der Waals surface area contributed by atoms with Gasteiger partial charge in [-0.15, -0.1) is 11.3 Å². The lowest BCUT2D eigenvalue weighted by Crippen LogP contribution is -2.28. The number of rotatable bonds is 9. The first-order valence-electron chi connectivity index (χ1n) is 12.5. The molecule has 4 rings (SSSR count). The molecule has 0 saturated heterocycles. The number of halogens is 3. The minimum atomic E-state index is -4.82. The van der Waals surface area contributed by atoms with Gasteiger partial charge in [0, 0.05) is 30.3 Å². The molecule has 2 aromatic carbocycles. The Morgan fingerprint density at radius 3 is 2.36 bits per heavy atom. The van der Waals surface area contributed by atoms with E-state index in [4.69, 9.17) is 0 Å². The number of anilines is 2. The molecule has 2 aromatic heterocycles. The molecule has 222 valence electrons. The summed E-state index contributed by atoms with van der Waals surface area (Å²) in [5.74, 6) is -3.38. The summed E-state index contributed by atoms with van der Waals surface area (Å²) in [5.41, 5.74) is -0.396. The van der Waals surface area contributed by atoms with Crippen molar-refractivity contribution in [3.63, 3.8) is 0 Å². The molecular weight excluding hydrogens is 593 g/mol. The fourth-order valence-corrected chi connectivity index (χ4v) is 6.01. The topological polar surface area (TPSA) is 135 Å². The van der Waals surface area contributed by atoms with Crippen LogP contribution in [0.2, 0.25) is 0 Å². The number of aromatic nitrogens is 3. The second-order valence-corrected chi connectivity index (χ2v) is 12.5. The van der Waals surface area contributed by atoms with Crippen molar-refractivity contribution in [3.8, 4) is 21.8 Å². The summed E-state index contributed by atoms with van der Waals surface area (Å²) in [4.78, 5) is 23.9. The number of carbonyl (C=O) groups is 1. The first-order valence-corrected chi connectivity index (χ1v) is 14.8. The summed E-state index contributed by atoms with van der Waals surface area (Å²) >= 11 is 1.28. The quantitative estimate of drug-likeness (QED) is 0.207. The van der Waals surface area contributed by atoms with Gasteiger partial charge in [0.2, 0.25) is 5.95 Å². The normalized spacial score (nSPS) is 11.7. The second-order valence-electron chi connectivity index (χ2n) is 9.88. The Bertz CT molecular complexity index is 1710. The van der Waals surface area contributed by atoms with Gasteiger partial charge in [0.25, 0.3) is 10.0 Å². The first-order chi connectivity index (χ1) is 19.8. The SMILES string of the molecule is COC(=O)NCCNc1nccc(-c2sc(C(C)(C)C)nc2-c2cccc(NS(=O)(=O)c3c(F)cccc3F)c2F)n1. The number of ether oxygens (including phenoxy) is 1. The number of thiazole rings is 1. The van der Waals surface area contributed by atoms with Crippen molar-refractivity contribution >= 4 is 39.1 Å². The maximum Gasteiger partial charge on any atom is 0.406 e. The predicted molar refractivity (Wildman–Crippen MR) is 153 cm³/mol. The van der Waals surface area contributed by atoms with E-state index in [0.29, 0.717) is 22.1 Å². The van der Waals surface area contributed by atoms with E-state index >= 15 is 4.39 Å². The van der Waals surface area contributed by atoms with Crippen LogP contribution < -0.4 is 15.4 Å². The number of sulfonamides is 1. The highest BCUT2D eigenvalue weighted by Crippen LogP contribution is 2.42. The minimum Gasteiger partial charge on any atom is -0.453 e. The van der Waals surface area contributed by atoms with Gasteiger partial charge < -0.3 is 15.4 Å². The van der Waals surface area contributed by atoms with E-state index in [9.17, 15) is 22.0 Å².